The third-order valence-electron chi connectivity index (χ3n) is 8.84. The third-order valence-corrected chi connectivity index (χ3v) is 8.84. The number of carbonyl (C=O) groups is 4. The monoisotopic (exact) mass is 733 g/mol. The van der Waals surface area contributed by atoms with Crippen molar-refractivity contribution in [3.63, 3.8) is 0 Å². The Morgan fingerprint density at radius 1 is 1.04 bits per heavy atom. The molecule has 15 heteroatoms. The number of esters is 1. The molecular weight excluding hydrogens is 686 g/mol. The summed E-state index contributed by atoms with van der Waals surface area (Å²) in [4.78, 5) is 58.4. The molecule has 2 aromatic rings. The number of halogens is 4. The van der Waals surface area contributed by atoms with Crippen LogP contribution in [0.2, 0.25) is 0 Å². The fourth-order valence-corrected chi connectivity index (χ4v) is 6.04. The van der Waals surface area contributed by atoms with E-state index in [1.807, 2.05) is 0 Å². The van der Waals surface area contributed by atoms with Crippen LogP contribution < -0.4 is 21.3 Å². The molecule has 4 atom stereocenters. The SMILES string of the molecule is CC(C)[C@H](NC(=O)OC(C)(C)C)C(=O)OCN1C(=O)[C@@H](NC[C@H](CCC(F)(F)F)[C@@H](CC2CC2)C(N)=O)N=C(c2ccccc2)c2cccc(F)c21. The van der Waals surface area contributed by atoms with Crippen LogP contribution in [-0.4, -0.2) is 66.8 Å². The van der Waals surface area contributed by atoms with Gasteiger partial charge in [0.15, 0.2) is 12.9 Å². The molecule has 0 saturated heterocycles. The molecule has 1 fully saturated rings. The summed E-state index contributed by atoms with van der Waals surface area (Å²) in [6.07, 6.45) is -6.46. The smallest absolute Gasteiger partial charge is 0.408 e. The fraction of sp³-hybridized carbons (Fsp3) is 0.541. The number of primary amides is 1. The summed E-state index contributed by atoms with van der Waals surface area (Å²) >= 11 is 0. The fourth-order valence-electron chi connectivity index (χ4n) is 6.04. The number of alkyl carbamates (subject to hydrolysis) is 1. The van der Waals surface area contributed by atoms with E-state index in [4.69, 9.17) is 15.2 Å². The summed E-state index contributed by atoms with van der Waals surface area (Å²) in [7, 11) is 0. The number of fused-ring (bicyclic) bond motifs is 1. The largest absolute Gasteiger partial charge is 0.444 e. The summed E-state index contributed by atoms with van der Waals surface area (Å²) in [5.74, 6) is -5.46. The molecule has 1 heterocycles. The topological polar surface area (TPSA) is 152 Å². The maximum absolute atomic E-state index is 15.8. The number of nitrogens with zero attached hydrogens (tertiary/aromatic N) is 2. The summed E-state index contributed by atoms with van der Waals surface area (Å²) < 4.78 is 66.9. The zero-order valence-electron chi connectivity index (χ0n) is 30.0. The Kier molecular flexibility index (Phi) is 13.1. The standard InChI is InChI=1S/C37H47F4N5O6/c1-21(2)28(45-35(50)52-36(3,4)5)34(49)51-20-46-30-25(12-9-13-27(30)38)29(23-10-7-6-8-11-23)44-32(33(46)48)43-19-24(16-17-37(39,40)41)26(31(42)47)18-22-14-15-22/h6-13,21-22,24,26,28,32,43H,14-20H2,1-5H3,(H2,42,47)(H,45,50)/t24-,26+,28-,32-/m0/s1. The molecule has 3 amide bonds. The van der Waals surface area contributed by atoms with Crippen LogP contribution in [-0.2, 0) is 23.9 Å². The van der Waals surface area contributed by atoms with Gasteiger partial charge < -0.3 is 20.5 Å². The van der Waals surface area contributed by atoms with Crippen molar-refractivity contribution in [1.29, 1.82) is 0 Å². The van der Waals surface area contributed by atoms with Crippen molar-refractivity contribution in [2.75, 3.05) is 18.2 Å². The predicted molar refractivity (Wildman–Crippen MR) is 186 cm³/mol. The van der Waals surface area contributed by atoms with Crippen LogP contribution in [0.5, 0.6) is 0 Å². The first kappa shape index (κ1) is 40.2. The van der Waals surface area contributed by atoms with E-state index in [9.17, 15) is 32.3 Å². The number of nitrogens with one attached hydrogen (secondary N) is 2. The van der Waals surface area contributed by atoms with Gasteiger partial charge in [0.25, 0.3) is 5.91 Å². The number of nitrogens with two attached hydrogens (primary N) is 1. The van der Waals surface area contributed by atoms with Crippen molar-refractivity contribution in [3.05, 3.63) is 65.5 Å². The van der Waals surface area contributed by atoms with E-state index >= 15 is 4.39 Å². The molecule has 1 aliphatic heterocycles. The molecule has 1 saturated carbocycles. The Hall–Kier alpha value is -4.53. The van der Waals surface area contributed by atoms with Crippen molar-refractivity contribution in [3.8, 4) is 0 Å². The van der Waals surface area contributed by atoms with Gasteiger partial charge in [-0.2, -0.15) is 13.2 Å². The molecule has 11 nitrogen and oxygen atoms in total. The van der Waals surface area contributed by atoms with Crippen molar-refractivity contribution >= 4 is 35.3 Å². The zero-order chi connectivity index (χ0) is 38.4. The quantitative estimate of drug-likeness (QED) is 0.154. The number of rotatable bonds is 15. The molecule has 0 unspecified atom stereocenters. The second-order valence-electron chi connectivity index (χ2n) is 14.6. The molecule has 1 aliphatic carbocycles. The lowest BCUT2D eigenvalue weighted by atomic mass is 9.83. The van der Waals surface area contributed by atoms with E-state index in [-0.39, 0.29) is 29.4 Å². The highest BCUT2D eigenvalue weighted by Crippen LogP contribution is 2.39. The van der Waals surface area contributed by atoms with E-state index in [0.29, 0.717) is 12.0 Å². The molecule has 0 spiro atoms. The number of hydrogen-bond donors (Lipinski definition) is 3. The van der Waals surface area contributed by atoms with Gasteiger partial charge in [-0.3, -0.25) is 24.8 Å². The lowest BCUT2D eigenvalue weighted by Crippen LogP contribution is -2.51. The minimum absolute atomic E-state index is 0.176. The maximum atomic E-state index is 15.8. The Balaban J connectivity index is 1.69. The number of ether oxygens (including phenoxy) is 2. The van der Waals surface area contributed by atoms with Crippen LogP contribution in [0.4, 0.5) is 28.0 Å². The Bertz CT molecular complexity index is 1620. The average molecular weight is 734 g/mol. The molecule has 4 rings (SSSR count). The number of aliphatic imine (C=N–C) groups is 1. The second kappa shape index (κ2) is 16.9. The van der Waals surface area contributed by atoms with Crippen LogP contribution in [0.25, 0.3) is 0 Å². The third kappa shape index (κ3) is 11.2. The van der Waals surface area contributed by atoms with Crippen LogP contribution in [0.1, 0.15) is 77.8 Å². The highest BCUT2D eigenvalue weighted by molar-refractivity contribution is 6.20. The summed E-state index contributed by atoms with van der Waals surface area (Å²) in [6, 6.07) is 11.5. The predicted octanol–water partition coefficient (Wildman–Crippen LogP) is 5.84. The molecule has 2 aliphatic rings. The van der Waals surface area contributed by atoms with Gasteiger partial charge in [0.05, 0.1) is 11.4 Å². The number of anilines is 1. The molecular formula is C37H47F4N5O6. The molecule has 0 radical (unpaired) electrons. The minimum Gasteiger partial charge on any atom is -0.444 e. The van der Waals surface area contributed by atoms with Crippen LogP contribution >= 0.6 is 0 Å². The van der Waals surface area contributed by atoms with Gasteiger partial charge in [-0.1, -0.05) is 69.2 Å². The van der Waals surface area contributed by atoms with E-state index < -0.39 is 91.0 Å². The summed E-state index contributed by atoms with van der Waals surface area (Å²) in [5.41, 5.74) is 5.49. The molecule has 4 N–H and O–H groups in total. The highest BCUT2D eigenvalue weighted by Gasteiger charge is 2.39. The molecule has 52 heavy (non-hydrogen) atoms. The number of alkyl halides is 3. The summed E-state index contributed by atoms with van der Waals surface area (Å²) in [6.45, 7) is 7.23. The number of carbonyl (C=O) groups excluding carboxylic acids is 4. The zero-order valence-corrected chi connectivity index (χ0v) is 30.0. The van der Waals surface area contributed by atoms with Crippen molar-refractivity contribution < 1.29 is 46.2 Å². The van der Waals surface area contributed by atoms with Gasteiger partial charge in [-0.25, -0.2) is 14.0 Å². The number of para-hydroxylation sites is 1. The van der Waals surface area contributed by atoms with Crippen molar-refractivity contribution in [1.82, 2.24) is 10.6 Å². The van der Waals surface area contributed by atoms with Gasteiger partial charge in [0.1, 0.15) is 17.5 Å². The van der Waals surface area contributed by atoms with Gasteiger partial charge in [0.2, 0.25) is 5.91 Å². The first-order valence-corrected chi connectivity index (χ1v) is 17.3. The van der Waals surface area contributed by atoms with E-state index in [1.54, 1.807) is 71.0 Å². The number of hydrogen-bond acceptors (Lipinski definition) is 8. The van der Waals surface area contributed by atoms with Gasteiger partial charge >= 0.3 is 18.2 Å². The summed E-state index contributed by atoms with van der Waals surface area (Å²) in [5, 5.41) is 5.43. The van der Waals surface area contributed by atoms with Crippen molar-refractivity contribution in [2.45, 2.75) is 90.7 Å². The molecule has 284 valence electrons. The number of benzene rings is 2. The lowest BCUT2D eigenvalue weighted by molar-refractivity contribution is -0.148. The van der Waals surface area contributed by atoms with Crippen molar-refractivity contribution in [2.24, 2.45) is 34.4 Å². The van der Waals surface area contributed by atoms with Crippen LogP contribution in [0.15, 0.2) is 53.5 Å². The Morgan fingerprint density at radius 2 is 1.71 bits per heavy atom. The average Bonchev–Trinajstić information content (AvgIpc) is 3.88. The first-order chi connectivity index (χ1) is 24.3. The molecule has 0 bridgehead atoms. The van der Waals surface area contributed by atoms with E-state index in [0.717, 1.165) is 23.8 Å². The van der Waals surface area contributed by atoms with Crippen LogP contribution in [0.3, 0.4) is 0 Å². The maximum Gasteiger partial charge on any atom is 0.408 e. The lowest BCUT2D eigenvalue weighted by Gasteiger charge is -2.29. The molecule has 0 aromatic heterocycles. The second-order valence-corrected chi connectivity index (χ2v) is 14.6. The van der Waals surface area contributed by atoms with E-state index in [1.165, 1.54) is 6.07 Å². The first-order valence-electron chi connectivity index (χ1n) is 17.3. The normalized spacial score (nSPS) is 18.1. The Labute approximate surface area is 300 Å². The highest BCUT2D eigenvalue weighted by atomic mass is 19.4. The van der Waals surface area contributed by atoms with Gasteiger partial charge in [-0.15, -0.1) is 0 Å². The van der Waals surface area contributed by atoms with Gasteiger partial charge in [0, 0.05) is 30.0 Å². The molecule has 2 aromatic carbocycles. The number of benzodiazepines with no additional fused rings is 1. The Morgan fingerprint density at radius 3 is 2.29 bits per heavy atom. The van der Waals surface area contributed by atoms with E-state index in [2.05, 4.69) is 15.6 Å². The van der Waals surface area contributed by atoms with Gasteiger partial charge in [-0.05, 0) is 57.4 Å². The van der Waals surface area contributed by atoms with Crippen LogP contribution in [0, 0.1) is 29.5 Å². The number of amides is 3. The minimum atomic E-state index is -4.50.